The van der Waals surface area contributed by atoms with E-state index in [0.29, 0.717) is 15.3 Å². The van der Waals surface area contributed by atoms with Crippen molar-refractivity contribution in [3.8, 4) is 5.75 Å². The van der Waals surface area contributed by atoms with Crippen LogP contribution in [0, 0.1) is 5.82 Å². The Balaban J connectivity index is 1.89. The van der Waals surface area contributed by atoms with Crippen LogP contribution in [0.5, 0.6) is 5.75 Å². The second-order valence-electron chi connectivity index (χ2n) is 4.82. The van der Waals surface area contributed by atoms with Gasteiger partial charge in [0, 0.05) is 13.0 Å². The standard InChI is InChI=1S/C15H11FN2O4S2/c1-9(19)17-15-18-13-7-4-11(8-14(13)23-15)22-24(20,21)12-5-2-10(16)3-6-12/h2-8H,1H3,(H,17,18,19). The highest BCUT2D eigenvalue weighted by Crippen LogP contribution is 2.30. The zero-order chi connectivity index (χ0) is 17.3. The Morgan fingerprint density at radius 1 is 1.21 bits per heavy atom. The summed E-state index contributed by atoms with van der Waals surface area (Å²) in [6.07, 6.45) is 0. The van der Waals surface area contributed by atoms with Crippen molar-refractivity contribution in [2.24, 2.45) is 0 Å². The van der Waals surface area contributed by atoms with Gasteiger partial charge in [-0.1, -0.05) is 11.3 Å². The van der Waals surface area contributed by atoms with Crippen LogP contribution in [0.1, 0.15) is 6.92 Å². The first-order valence-electron chi connectivity index (χ1n) is 6.72. The van der Waals surface area contributed by atoms with Crippen LogP contribution in [0.15, 0.2) is 47.4 Å². The molecule has 0 saturated carbocycles. The summed E-state index contributed by atoms with van der Waals surface area (Å²) >= 11 is 1.20. The molecule has 0 aliphatic heterocycles. The predicted octanol–water partition coefficient (Wildman–Crippen LogP) is 3.16. The number of nitrogens with one attached hydrogen (secondary N) is 1. The van der Waals surface area contributed by atoms with Gasteiger partial charge in [-0.15, -0.1) is 0 Å². The Labute approximate surface area is 141 Å². The van der Waals surface area contributed by atoms with Crippen molar-refractivity contribution in [1.82, 2.24) is 4.98 Å². The maximum Gasteiger partial charge on any atom is 0.339 e. The van der Waals surface area contributed by atoms with Gasteiger partial charge in [0.25, 0.3) is 0 Å². The fourth-order valence-corrected chi connectivity index (χ4v) is 3.80. The number of halogens is 1. The van der Waals surface area contributed by atoms with E-state index in [1.165, 1.54) is 30.4 Å². The fourth-order valence-electron chi connectivity index (χ4n) is 1.94. The van der Waals surface area contributed by atoms with Crippen molar-refractivity contribution < 1.29 is 21.8 Å². The van der Waals surface area contributed by atoms with E-state index < -0.39 is 15.9 Å². The molecule has 24 heavy (non-hydrogen) atoms. The van der Waals surface area contributed by atoms with Crippen molar-refractivity contribution in [1.29, 1.82) is 0 Å². The number of hydrogen-bond acceptors (Lipinski definition) is 6. The number of hydrogen-bond donors (Lipinski definition) is 1. The number of carbonyl (C=O) groups is 1. The van der Waals surface area contributed by atoms with Crippen molar-refractivity contribution in [2.75, 3.05) is 5.32 Å². The number of benzene rings is 2. The first kappa shape index (κ1) is 16.3. The van der Waals surface area contributed by atoms with E-state index >= 15 is 0 Å². The van der Waals surface area contributed by atoms with Crippen LogP contribution in [0.4, 0.5) is 9.52 Å². The Bertz CT molecular complexity index is 1010. The third kappa shape index (κ3) is 3.52. The second kappa shape index (κ2) is 6.17. The summed E-state index contributed by atoms with van der Waals surface area (Å²) in [7, 11) is -4.06. The molecule has 9 heteroatoms. The molecule has 3 rings (SSSR count). The zero-order valence-corrected chi connectivity index (χ0v) is 13.9. The topological polar surface area (TPSA) is 85.4 Å². The molecule has 0 aliphatic carbocycles. The van der Waals surface area contributed by atoms with Crippen LogP contribution >= 0.6 is 11.3 Å². The molecule has 0 unspecified atom stereocenters. The summed E-state index contributed by atoms with van der Waals surface area (Å²) in [5.41, 5.74) is 0.607. The van der Waals surface area contributed by atoms with Gasteiger partial charge in [0.1, 0.15) is 16.5 Å². The summed E-state index contributed by atoms with van der Waals surface area (Å²) < 4.78 is 43.0. The summed E-state index contributed by atoms with van der Waals surface area (Å²) in [5, 5.41) is 2.98. The average Bonchev–Trinajstić information content (AvgIpc) is 2.87. The lowest BCUT2D eigenvalue weighted by molar-refractivity contribution is -0.114. The molecule has 0 bridgehead atoms. The average molecular weight is 366 g/mol. The van der Waals surface area contributed by atoms with Gasteiger partial charge in [-0.25, -0.2) is 9.37 Å². The Hall–Kier alpha value is -2.52. The lowest BCUT2D eigenvalue weighted by Gasteiger charge is -2.06. The zero-order valence-electron chi connectivity index (χ0n) is 12.3. The van der Waals surface area contributed by atoms with Crippen LogP contribution < -0.4 is 9.50 Å². The molecule has 1 amide bonds. The third-order valence-corrected chi connectivity index (χ3v) is 5.15. The van der Waals surface area contributed by atoms with Gasteiger partial charge in [-0.05, 0) is 36.4 Å². The lowest BCUT2D eigenvalue weighted by atomic mass is 10.3. The minimum atomic E-state index is -4.06. The molecule has 1 N–H and O–H groups in total. The van der Waals surface area contributed by atoms with E-state index in [2.05, 4.69) is 10.3 Å². The molecule has 2 aromatic carbocycles. The number of fused-ring (bicyclic) bond motifs is 1. The molecule has 6 nitrogen and oxygen atoms in total. The van der Waals surface area contributed by atoms with Gasteiger partial charge in [0.15, 0.2) is 5.13 Å². The van der Waals surface area contributed by atoms with Crippen molar-refractivity contribution in [2.45, 2.75) is 11.8 Å². The molecular weight excluding hydrogens is 355 g/mol. The van der Waals surface area contributed by atoms with Crippen LogP contribution in [0.2, 0.25) is 0 Å². The van der Waals surface area contributed by atoms with Gasteiger partial charge in [-0.2, -0.15) is 8.42 Å². The molecule has 0 spiro atoms. The van der Waals surface area contributed by atoms with E-state index in [4.69, 9.17) is 4.18 Å². The molecule has 3 aromatic rings. The van der Waals surface area contributed by atoms with Crippen molar-refractivity contribution >= 4 is 42.7 Å². The quantitative estimate of drug-likeness (QED) is 0.717. The van der Waals surface area contributed by atoms with Crippen LogP contribution in [0.25, 0.3) is 10.2 Å². The monoisotopic (exact) mass is 366 g/mol. The van der Waals surface area contributed by atoms with Gasteiger partial charge in [0.05, 0.1) is 10.2 Å². The molecular formula is C15H11FN2O4S2. The van der Waals surface area contributed by atoms with Gasteiger partial charge < -0.3 is 9.50 Å². The third-order valence-electron chi connectivity index (χ3n) is 2.95. The molecule has 0 aliphatic rings. The molecule has 124 valence electrons. The van der Waals surface area contributed by atoms with Crippen LogP contribution in [-0.4, -0.2) is 19.3 Å². The van der Waals surface area contributed by atoms with Gasteiger partial charge >= 0.3 is 10.1 Å². The Kier molecular flexibility index (Phi) is 4.20. The Morgan fingerprint density at radius 3 is 2.58 bits per heavy atom. The van der Waals surface area contributed by atoms with E-state index in [0.717, 1.165) is 24.3 Å². The highest BCUT2D eigenvalue weighted by molar-refractivity contribution is 7.87. The Morgan fingerprint density at radius 2 is 1.92 bits per heavy atom. The van der Waals surface area contributed by atoms with Gasteiger partial charge in [0.2, 0.25) is 5.91 Å². The van der Waals surface area contributed by atoms with E-state index in [-0.39, 0.29) is 16.6 Å². The number of rotatable bonds is 4. The first-order chi connectivity index (χ1) is 11.3. The van der Waals surface area contributed by atoms with Crippen LogP contribution in [0.3, 0.4) is 0 Å². The predicted molar refractivity (Wildman–Crippen MR) is 88.1 cm³/mol. The maximum absolute atomic E-state index is 12.9. The smallest absolute Gasteiger partial charge is 0.339 e. The number of aromatic nitrogens is 1. The first-order valence-corrected chi connectivity index (χ1v) is 8.94. The number of nitrogens with zero attached hydrogens (tertiary/aromatic N) is 1. The summed E-state index contributed by atoms with van der Waals surface area (Å²) in [4.78, 5) is 15.1. The minimum Gasteiger partial charge on any atom is -0.379 e. The van der Waals surface area contributed by atoms with Crippen molar-refractivity contribution in [3.63, 3.8) is 0 Å². The molecule has 0 fully saturated rings. The normalized spacial score (nSPS) is 11.4. The number of amides is 1. The van der Waals surface area contributed by atoms with Gasteiger partial charge in [-0.3, -0.25) is 4.79 Å². The summed E-state index contributed by atoms with van der Waals surface area (Å²) in [6.45, 7) is 1.37. The SMILES string of the molecule is CC(=O)Nc1nc2ccc(OS(=O)(=O)c3ccc(F)cc3)cc2s1. The summed E-state index contributed by atoms with van der Waals surface area (Å²) in [5.74, 6) is -0.681. The lowest BCUT2D eigenvalue weighted by Crippen LogP contribution is -2.09. The minimum absolute atomic E-state index is 0.102. The molecule has 1 aromatic heterocycles. The largest absolute Gasteiger partial charge is 0.379 e. The fraction of sp³-hybridized carbons (Fsp3) is 0.0667. The highest BCUT2D eigenvalue weighted by atomic mass is 32.2. The molecule has 0 atom stereocenters. The molecule has 0 saturated heterocycles. The van der Waals surface area contributed by atoms with E-state index in [1.807, 2.05) is 0 Å². The molecule has 1 heterocycles. The molecule has 0 radical (unpaired) electrons. The second-order valence-corrected chi connectivity index (χ2v) is 7.40. The van der Waals surface area contributed by atoms with Crippen LogP contribution in [-0.2, 0) is 14.9 Å². The highest BCUT2D eigenvalue weighted by Gasteiger charge is 2.17. The number of anilines is 1. The number of carbonyl (C=O) groups excluding carboxylic acids is 1. The van der Waals surface area contributed by atoms with E-state index in [1.54, 1.807) is 6.07 Å². The summed E-state index contributed by atoms with van der Waals surface area (Å²) in [6, 6.07) is 8.91. The number of thiazole rings is 1. The van der Waals surface area contributed by atoms with Crippen molar-refractivity contribution in [3.05, 3.63) is 48.3 Å². The maximum atomic E-state index is 12.9. The van der Waals surface area contributed by atoms with E-state index in [9.17, 15) is 17.6 Å².